The van der Waals surface area contributed by atoms with Crippen LogP contribution in [0.2, 0.25) is 0 Å². The molecular formula is C18H18F3N5O. The van der Waals surface area contributed by atoms with E-state index in [1.807, 2.05) is 37.3 Å². The van der Waals surface area contributed by atoms with Crippen LogP contribution >= 0.6 is 0 Å². The fraction of sp³-hybridized carbons (Fsp3) is 0.278. The number of aromatic amines is 1. The van der Waals surface area contributed by atoms with Crippen LogP contribution in [0.1, 0.15) is 31.1 Å². The number of aliphatic imine (C=N–C) groups is 1. The minimum absolute atomic E-state index is 0.0163. The highest BCUT2D eigenvalue weighted by Gasteiger charge is 2.37. The summed E-state index contributed by atoms with van der Waals surface area (Å²) >= 11 is 0. The molecule has 6 nitrogen and oxygen atoms in total. The van der Waals surface area contributed by atoms with Gasteiger partial charge in [0.15, 0.2) is 5.69 Å². The zero-order chi connectivity index (χ0) is 19.6. The Labute approximate surface area is 153 Å². The number of nitrogens with one attached hydrogen (secondary N) is 2. The summed E-state index contributed by atoms with van der Waals surface area (Å²) in [5.74, 6) is 0.305. The summed E-state index contributed by atoms with van der Waals surface area (Å²) in [7, 11) is 1.25. The summed E-state index contributed by atoms with van der Waals surface area (Å²) < 4.78 is 45.2. The molecule has 0 saturated heterocycles. The predicted molar refractivity (Wildman–Crippen MR) is 97.0 cm³/mol. The maximum Gasteiger partial charge on any atom is 0.434 e. The van der Waals surface area contributed by atoms with E-state index in [1.54, 1.807) is 6.92 Å². The molecule has 3 aromatic rings. The average molecular weight is 377 g/mol. The highest BCUT2D eigenvalue weighted by Crippen LogP contribution is 2.37. The van der Waals surface area contributed by atoms with Gasteiger partial charge in [-0.25, -0.2) is 4.98 Å². The van der Waals surface area contributed by atoms with Crippen molar-refractivity contribution >= 4 is 22.6 Å². The summed E-state index contributed by atoms with van der Waals surface area (Å²) in [6.07, 6.45) is -4.66. The predicted octanol–water partition coefficient (Wildman–Crippen LogP) is 4.58. The first-order valence-electron chi connectivity index (χ1n) is 8.16. The number of methoxy groups -OCH3 is 1. The first kappa shape index (κ1) is 18.7. The van der Waals surface area contributed by atoms with Crippen LogP contribution in [0.15, 0.2) is 41.4 Å². The van der Waals surface area contributed by atoms with Crippen molar-refractivity contribution < 1.29 is 17.9 Å². The summed E-state index contributed by atoms with van der Waals surface area (Å²) in [6, 6.07) is 10.9. The van der Waals surface area contributed by atoms with Gasteiger partial charge >= 0.3 is 6.18 Å². The van der Waals surface area contributed by atoms with Gasteiger partial charge in [0, 0.05) is 6.07 Å². The minimum atomic E-state index is -4.66. The maximum atomic E-state index is 13.4. The van der Waals surface area contributed by atoms with Crippen molar-refractivity contribution in [2.24, 2.45) is 4.99 Å². The van der Waals surface area contributed by atoms with Gasteiger partial charge in [0.05, 0.1) is 29.9 Å². The van der Waals surface area contributed by atoms with Crippen molar-refractivity contribution in [3.05, 3.63) is 47.7 Å². The molecule has 27 heavy (non-hydrogen) atoms. The summed E-state index contributed by atoms with van der Waals surface area (Å²) in [5, 5.41) is 8.91. The van der Waals surface area contributed by atoms with Gasteiger partial charge in [-0.1, -0.05) is 30.3 Å². The second kappa shape index (κ2) is 7.26. The van der Waals surface area contributed by atoms with E-state index in [4.69, 9.17) is 4.74 Å². The molecule has 1 unspecified atom stereocenters. The molecule has 0 aliphatic carbocycles. The van der Waals surface area contributed by atoms with Crippen molar-refractivity contribution in [1.82, 2.24) is 15.2 Å². The van der Waals surface area contributed by atoms with Crippen LogP contribution in [0.4, 0.5) is 19.0 Å². The van der Waals surface area contributed by atoms with Crippen LogP contribution in [0.3, 0.4) is 0 Å². The molecule has 0 aliphatic rings. The van der Waals surface area contributed by atoms with Gasteiger partial charge in [-0.05, 0) is 19.4 Å². The summed E-state index contributed by atoms with van der Waals surface area (Å²) in [4.78, 5) is 8.19. The molecule has 0 aliphatic heterocycles. The second-order valence-corrected chi connectivity index (χ2v) is 5.94. The third-order valence-electron chi connectivity index (χ3n) is 3.95. The molecule has 0 amide bonds. The van der Waals surface area contributed by atoms with Gasteiger partial charge in [0.25, 0.3) is 0 Å². The molecule has 0 fully saturated rings. The lowest BCUT2D eigenvalue weighted by Crippen LogP contribution is -2.14. The number of amidine groups is 1. The fourth-order valence-electron chi connectivity index (χ4n) is 2.75. The van der Waals surface area contributed by atoms with E-state index >= 15 is 0 Å². The number of ether oxygens (including phenoxy) is 1. The number of hydrogen-bond acceptors (Lipinski definition) is 4. The third kappa shape index (κ3) is 4.02. The van der Waals surface area contributed by atoms with Gasteiger partial charge in [-0.3, -0.25) is 10.1 Å². The number of anilines is 1. The number of H-pyrrole nitrogens is 1. The van der Waals surface area contributed by atoms with E-state index in [0.29, 0.717) is 5.84 Å². The van der Waals surface area contributed by atoms with Crippen LogP contribution < -0.4 is 10.1 Å². The number of hydrogen-bond donors (Lipinski definition) is 2. The zero-order valence-electron chi connectivity index (χ0n) is 14.9. The number of pyridine rings is 1. The maximum absolute atomic E-state index is 13.4. The lowest BCUT2D eigenvalue weighted by atomic mass is 10.1. The monoisotopic (exact) mass is 377 g/mol. The van der Waals surface area contributed by atoms with Gasteiger partial charge in [-0.15, -0.1) is 5.10 Å². The van der Waals surface area contributed by atoms with Crippen LogP contribution in [-0.4, -0.2) is 28.1 Å². The Morgan fingerprint density at radius 1 is 1.26 bits per heavy atom. The minimum Gasteiger partial charge on any atom is -0.479 e. The number of nitrogens with zero attached hydrogens (tertiary/aromatic N) is 3. The normalized spacial score (nSPS) is 13.6. The lowest BCUT2D eigenvalue weighted by molar-refractivity contribution is -0.139. The van der Waals surface area contributed by atoms with E-state index in [9.17, 15) is 13.2 Å². The smallest absolute Gasteiger partial charge is 0.434 e. The number of alkyl halides is 3. The molecule has 0 radical (unpaired) electrons. The van der Waals surface area contributed by atoms with Gasteiger partial charge in [0.1, 0.15) is 5.82 Å². The Hall–Kier alpha value is -3.10. The molecule has 1 atom stereocenters. The van der Waals surface area contributed by atoms with Crippen LogP contribution in [0, 0.1) is 0 Å². The van der Waals surface area contributed by atoms with Crippen LogP contribution in [0.25, 0.3) is 10.9 Å². The van der Waals surface area contributed by atoms with Crippen LogP contribution in [0.5, 0.6) is 5.88 Å². The topological polar surface area (TPSA) is 75.2 Å². The lowest BCUT2D eigenvalue weighted by Gasteiger charge is -2.13. The van der Waals surface area contributed by atoms with Crippen molar-refractivity contribution in [1.29, 1.82) is 0 Å². The van der Waals surface area contributed by atoms with E-state index in [-0.39, 0.29) is 28.6 Å². The first-order valence-corrected chi connectivity index (χ1v) is 8.16. The largest absolute Gasteiger partial charge is 0.479 e. The molecule has 142 valence electrons. The number of aromatic nitrogens is 3. The Balaban J connectivity index is 1.94. The average Bonchev–Trinajstić information content (AvgIpc) is 3.03. The molecule has 0 spiro atoms. The molecule has 0 bridgehead atoms. The first-order chi connectivity index (χ1) is 12.8. The van der Waals surface area contributed by atoms with Crippen molar-refractivity contribution in [3.63, 3.8) is 0 Å². The zero-order valence-corrected chi connectivity index (χ0v) is 14.9. The quantitative estimate of drug-likeness (QED) is 0.516. The van der Waals surface area contributed by atoms with Crippen molar-refractivity contribution in [2.45, 2.75) is 26.1 Å². The number of rotatable bonds is 4. The SMILES string of the molecule is COc1n[nH]c2cc(NC(C)=NC(C)c3ccccc3)nc(C(F)(F)F)c12. The highest BCUT2D eigenvalue weighted by atomic mass is 19.4. The summed E-state index contributed by atoms with van der Waals surface area (Å²) in [5.41, 5.74) is 0.0916. The third-order valence-corrected chi connectivity index (χ3v) is 3.95. The Kier molecular flexibility index (Phi) is 5.02. The van der Waals surface area contributed by atoms with Gasteiger partial charge < -0.3 is 10.1 Å². The molecule has 2 heterocycles. The van der Waals surface area contributed by atoms with Crippen molar-refractivity contribution in [2.75, 3.05) is 12.4 Å². The number of fused-ring (bicyclic) bond motifs is 1. The molecule has 2 N–H and O–H groups in total. The Morgan fingerprint density at radius 2 is 1.96 bits per heavy atom. The van der Waals surface area contributed by atoms with E-state index in [2.05, 4.69) is 25.5 Å². The van der Waals surface area contributed by atoms with E-state index in [0.717, 1.165) is 5.56 Å². The number of halogens is 3. The van der Waals surface area contributed by atoms with E-state index < -0.39 is 11.9 Å². The molecule has 3 rings (SSSR count). The van der Waals surface area contributed by atoms with Gasteiger partial charge in [-0.2, -0.15) is 13.2 Å². The number of benzene rings is 1. The van der Waals surface area contributed by atoms with Crippen molar-refractivity contribution in [3.8, 4) is 5.88 Å². The standard InChI is InChI=1S/C18H18F3N5O/c1-10(12-7-5-4-6-8-12)22-11(2)23-14-9-13-15(17(27-3)26-25-13)16(24-14)18(19,20)21/h4-10H,1-3H3,(H,25,26)(H,22,23,24). The fourth-order valence-corrected chi connectivity index (χ4v) is 2.75. The molecule has 9 heteroatoms. The second-order valence-electron chi connectivity index (χ2n) is 5.94. The van der Waals surface area contributed by atoms with Gasteiger partial charge in [0.2, 0.25) is 5.88 Å². The molecular weight excluding hydrogens is 359 g/mol. The highest BCUT2D eigenvalue weighted by molar-refractivity contribution is 5.96. The van der Waals surface area contributed by atoms with E-state index in [1.165, 1.54) is 13.2 Å². The Morgan fingerprint density at radius 3 is 2.59 bits per heavy atom. The van der Waals surface area contributed by atoms with Crippen LogP contribution in [-0.2, 0) is 6.18 Å². The Bertz CT molecular complexity index is 966. The molecule has 0 saturated carbocycles. The summed E-state index contributed by atoms with van der Waals surface area (Å²) in [6.45, 7) is 3.57. The molecule has 2 aromatic heterocycles. The molecule has 1 aromatic carbocycles.